The molecular weight excluding hydrogens is 286 g/mol. The molecule has 7 heteroatoms. The maximum absolute atomic E-state index is 11.3. The van der Waals surface area contributed by atoms with Gasteiger partial charge in [0.1, 0.15) is 4.47 Å². The second-order valence-corrected chi connectivity index (χ2v) is 4.49. The van der Waals surface area contributed by atoms with Crippen molar-refractivity contribution in [3.63, 3.8) is 0 Å². The van der Waals surface area contributed by atoms with Crippen LogP contribution in [0.15, 0.2) is 21.7 Å². The highest BCUT2D eigenvalue weighted by atomic mass is 79.9. The third-order valence-corrected chi connectivity index (χ3v) is 3.17. The normalized spacial score (nSPS) is 10.5. The Kier molecular flexibility index (Phi) is 3.28. The first-order chi connectivity index (χ1) is 8.08. The number of aryl methyl sites for hydroxylation is 2. The Hall–Kier alpha value is -1.63. The van der Waals surface area contributed by atoms with E-state index in [-0.39, 0.29) is 5.56 Å². The van der Waals surface area contributed by atoms with Gasteiger partial charge in [-0.25, -0.2) is 5.10 Å². The van der Waals surface area contributed by atoms with Crippen LogP contribution in [0.4, 0.5) is 5.69 Å². The van der Waals surface area contributed by atoms with Crippen molar-refractivity contribution in [2.45, 2.75) is 13.5 Å². The van der Waals surface area contributed by atoms with Gasteiger partial charge < -0.3 is 5.32 Å². The molecule has 0 bridgehead atoms. The molecule has 2 N–H and O–H groups in total. The average Bonchev–Trinajstić information content (AvgIpc) is 2.60. The average molecular weight is 298 g/mol. The topological polar surface area (TPSA) is 75.6 Å². The van der Waals surface area contributed by atoms with E-state index in [0.717, 1.165) is 11.3 Å². The van der Waals surface area contributed by atoms with E-state index < -0.39 is 0 Å². The summed E-state index contributed by atoms with van der Waals surface area (Å²) in [7, 11) is 1.88. The molecule has 2 rings (SSSR count). The maximum Gasteiger partial charge on any atom is 0.280 e. The number of hydrogen-bond acceptors (Lipinski definition) is 4. The van der Waals surface area contributed by atoms with Crippen LogP contribution in [-0.2, 0) is 13.6 Å². The highest BCUT2D eigenvalue weighted by molar-refractivity contribution is 9.10. The fourth-order valence-corrected chi connectivity index (χ4v) is 1.85. The number of nitrogens with one attached hydrogen (secondary N) is 2. The van der Waals surface area contributed by atoms with Crippen molar-refractivity contribution in [2.75, 3.05) is 5.32 Å². The van der Waals surface area contributed by atoms with Gasteiger partial charge in [0.2, 0.25) is 0 Å². The molecule has 0 fully saturated rings. The van der Waals surface area contributed by atoms with Crippen LogP contribution in [0.3, 0.4) is 0 Å². The van der Waals surface area contributed by atoms with E-state index in [1.54, 1.807) is 10.9 Å². The van der Waals surface area contributed by atoms with Crippen LogP contribution in [0.25, 0.3) is 0 Å². The molecule has 0 amide bonds. The SMILES string of the molecule is Cc1nn(C)cc1CNc1cn[nH]c(=O)c1Br. The summed E-state index contributed by atoms with van der Waals surface area (Å²) in [6, 6.07) is 0. The third kappa shape index (κ3) is 2.55. The zero-order chi connectivity index (χ0) is 12.4. The Balaban J connectivity index is 2.15. The van der Waals surface area contributed by atoms with E-state index >= 15 is 0 Å². The van der Waals surface area contributed by atoms with E-state index in [1.165, 1.54) is 0 Å². The Morgan fingerprint density at radius 1 is 1.59 bits per heavy atom. The van der Waals surface area contributed by atoms with Gasteiger partial charge in [0.15, 0.2) is 0 Å². The number of aromatic amines is 1. The third-order valence-electron chi connectivity index (χ3n) is 2.38. The Morgan fingerprint density at radius 2 is 2.35 bits per heavy atom. The molecule has 0 saturated carbocycles. The molecule has 0 saturated heterocycles. The van der Waals surface area contributed by atoms with Crippen LogP contribution in [0, 0.1) is 6.92 Å². The number of halogens is 1. The summed E-state index contributed by atoms with van der Waals surface area (Å²) in [5, 5.41) is 13.5. The zero-order valence-electron chi connectivity index (χ0n) is 9.49. The Morgan fingerprint density at radius 3 is 3.00 bits per heavy atom. The van der Waals surface area contributed by atoms with Gasteiger partial charge >= 0.3 is 0 Å². The number of aromatic nitrogens is 4. The molecule has 2 aromatic rings. The van der Waals surface area contributed by atoms with Gasteiger partial charge in [0.05, 0.1) is 17.6 Å². The molecule has 0 spiro atoms. The Labute approximate surface area is 106 Å². The quantitative estimate of drug-likeness (QED) is 0.892. The predicted octanol–water partition coefficient (Wildman–Crippen LogP) is 1.19. The van der Waals surface area contributed by atoms with Gasteiger partial charge in [-0.3, -0.25) is 9.48 Å². The van der Waals surface area contributed by atoms with Crippen molar-refractivity contribution in [2.24, 2.45) is 7.05 Å². The highest BCUT2D eigenvalue weighted by Crippen LogP contribution is 2.16. The van der Waals surface area contributed by atoms with Gasteiger partial charge in [0, 0.05) is 25.4 Å². The van der Waals surface area contributed by atoms with Gasteiger partial charge in [0.25, 0.3) is 5.56 Å². The predicted molar refractivity (Wildman–Crippen MR) is 67.8 cm³/mol. The van der Waals surface area contributed by atoms with E-state index in [0.29, 0.717) is 16.7 Å². The number of hydrogen-bond donors (Lipinski definition) is 2. The highest BCUT2D eigenvalue weighted by Gasteiger charge is 2.06. The lowest BCUT2D eigenvalue weighted by Gasteiger charge is -2.05. The summed E-state index contributed by atoms with van der Waals surface area (Å²) in [5.74, 6) is 0. The second kappa shape index (κ2) is 4.70. The molecule has 2 aromatic heterocycles. The molecule has 0 unspecified atom stereocenters. The number of anilines is 1. The summed E-state index contributed by atoms with van der Waals surface area (Å²) < 4.78 is 2.21. The van der Waals surface area contributed by atoms with Gasteiger partial charge in [-0.05, 0) is 22.9 Å². The molecular formula is C10H12BrN5O. The molecule has 90 valence electrons. The van der Waals surface area contributed by atoms with Crippen LogP contribution in [-0.4, -0.2) is 20.0 Å². The first-order valence-corrected chi connectivity index (χ1v) is 5.83. The second-order valence-electron chi connectivity index (χ2n) is 3.69. The van der Waals surface area contributed by atoms with Crippen LogP contribution >= 0.6 is 15.9 Å². The lowest BCUT2D eigenvalue weighted by Crippen LogP contribution is -2.12. The van der Waals surface area contributed by atoms with Gasteiger partial charge in [-0.1, -0.05) is 0 Å². The minimum atomic E-state index is -0.252. The molecule has 0 aromatic carbocycles. The van der Waals surface area contributed by atoms with Crippen molar-refractivity contribution in [1.82, 2.24) is 20.0 Å². The summed E-state index contributed by atoms with van der Waals surface area (Å²) in [6.07, 6.45) is 3.51. The first-order valence-electron chi connectivity index (χ1n) is 5.04. The van der Waals surface area contributed by atoms with Crippen LogP contribution < -0.4 is 10.9 Å². The van der Waals surface area contributed by atoms with E-state index in [9.17, 15) is 4.79 Å². The van der Waals surface area contributed by atoms with Crippen LogP contribution in [0.2, 0.25) is 0 Å². The zero-order valence-corrected chi connectivity index (χ0v) is 11.1. The van der Waals surface area contributed by atoms with E-state index in [2.05, 4.69) is 36.5 Å². The molecule has 17 heavy (non-hydrogen) atoms. The van der Waals surface area contributed by atoms with Crippen molar-refractivity contribution in [3.8, 4) is 0 Å². The number of H-pyrrole nitrogens is 1. The van der Waals surface area contributed by atoms with Crippen molar-refractivity contribution < 1.29 is 0 Å². The minimum Gasteiger partial charge on any atom is -0.378 e. The molecule has 0 aliphatic heterocycles. The fourth-order valence-electron chi connectivity index (χ4n) is 1.52. The number of nitrogens with zero attached hydrogens (tertiary/aromatic N) is 3. The summed E-state index contributed by atoms with van der Waals surface area (Å²) >= 11 is 3.21. The summed E-state index contributed by atoms with van der Waals surface area (Å²) in [4.78, 5) is 11.3. The first kappa shape index (κ1) is 11.8. The smallest absolute Gasteiger partial charge is 0.280 e. The monoisotopic (exact) mass is 297 g/mol. The largest absolute Gasteiger partial charge is 0.378 e. The van der Waals surface area contributed by atoms with Gasteiger partial charge in [-0.15, -0.1) is 0 Å². The molecule has 0 aliphatic rings. The van der Waals surface area contributed by atoms with E-state index in [1.807, 2.05) is 20.2 Å². The van der Waals surface area contributed by atoms with Crippen molar-refractivity contribution in [1.29, 1.82) is 0 Å². The standard InChI is InChI=1S/C10H12BrN5O/c1-6-7(5-16(2)15-6)3-12-8-4-13-14-10(17)9(8)11/h4-5H,3H2,1-2H3,(H2,12,14,17). The minimum absolute atomic E-state index is 0.252. The molecule has 0 radical (unpaired) electrons. The van der Waals surface area contributed by atoms with Gasteiger partial charge in [-0.2, -0.15) is 10.2 Å². The van der Waals surface area contributed by atoms with Crippen LogP contribution in [0.1, 0.15) is 11.3 Å². The summed E-state index contributed by atoms with van der Waals surface area (Å²) in [6.45, 7) is 2.55. The fraction of sp³-hybridized carbons (Fsp3) is 0.300. The Bertz CT molecular complexity index is 589. The number of rotatable bonds is 3. The van der Waals surface area contributed by atoms with Crippen molar-refractivity contribution >= 4 is 21.6 Å². The van der Waals surface area contributed by atoms with Crippen LogP contribution in [0.5, 0.6) is 0 Å². The molecule has 6 nitrogen and oxygen atoms in total. The van der Waals surface area contributed by atoms with Crippen molar-refractivity contribution in [3.05, 3.63) is 38.5 Å². The molecule has 0 aliphatic carbocycles. The molecule has 0 atom stereocenters. The lowest BCUT2D eigenvalue weighted by atomic mass is 10.2. The lowest BCUT2D eigenvalue weighted by molar-refractivity contribution is 0.756. The van der Waals surface area contributed by atoms with E-state index in [4.69, 9.17) is 0 Å². The molecule has 2 heterocycles. The summed E-state index contributed by atoms with van der Waals surface area (Å²) in [5.41, 5.74) is 2.46. The maximum atomic E-state index is 11.3.